The van der Waals surface area contributed by atoms with Crippen molar-refractivity contribution in [3.63, 3.8) is 0 Å². The molecular weight excluding hydrogens is 348 g/mol. The van der Waals surface area contributed by atoms with Gasteiger partial charge in [0, 0.05) is 25.4 Å². The van der Waals surface area contributed by atoms with Crippen molar-refractivity contribution in [2.75, 3.05) is 0 Å². The molecule has 0 aliphatic heterocycles. The van der Waals surface area contributed by atoms with Gasteiger partial charge in [0.25, 0.3) is 0 Å². The standard InChI is InChI=1S/C24H32N2O2/c1-5-19(4)25-24(28)22(16-20-10-8-7-9-11-20)26(23(27)6-2)17-21-14-12-18(3)13-15-21/h7-15,19,22H,5-6,16-17H2,1-4H3,(H,25,28)/t19-,22+/m1/s1. The Kier molecular flexibility index (Phi) is 8.24. The van der Waals surface area contributed by atoms with Crippen LogP contribution in [0.3, 0.4) is 0 Å². The molecule has 4 nitrogen and oxygen atoms in total. The van der Waals surface area contributed by atoms with Gasteiger partial charge in [0.2, 0.25) is 11.8 Å². The fourth-order valence-electron chi connectivity index (χ4n) is 3.09. The third-order valence-corrected chi connectivity index (χ3v) is 5.05. The molecule has 2 amide bonds. The van der Waals surface area contributed by atoms with Crippen LogP contribution in [0.15, 0.2) is 54.6 Å². The van der Waals surface area contributed by atoms with Crippen LogP contribution in [0.1, 0.15) is 50.3 Å². The topological polar surface area (TPSA) is 49.4 Å². The third kappa shape index (κ3) is 6.22. The first kappa shape index (κ1) is 21.7. The lowest BCUT2D eigenvalue weighted by atomic mass is 10.0. The highest BCUT2D eigenvalue weighted by atomic mass is 16.2. The number of carbonyl (C=O) groups is 2. The molecule has 0 fully saturated rings. The molecule has 0 aromatic heterocycles. The number of amides is 2. The van der Waals surface area contributed by atoms with Crippen molar-refractivity contribution < 1.29 is 9.59 Å². The predicted molar refractivity (Wildman–Crippen MR) is 114 cm³/mol. The minimum atomic E-state index is -0.537. The zero-order chi connectivity index (χ0) is 20.5. The molecule has 0 unspecified atom stereocenters. The molecule has 0 radical (unpaired) electrons. The van der Waals surface area contributed by atoms with Crippen molar-refractivity contribution in [3.05, 3.63) is 71.3 Å². The number of benzene rings is 2. The maximum Gasteiger partial charge on any atom is 0.243 e. The van der Waals surface area contributed by atoms with Gasteiger partial charge in [-0.2, -0.15) is 0 Å². The fraction of sp³-hybridized carbons (Fsp3) is 0.417. The molecule has 2 aromatic rings. The molecule has 1 N–H and O–H groups in total. The Morgan fingerprint density at radius 2 is 1.61 bits per heavy atom. The quantitative estimate of drug-likeness (QED) is 0.707. The van der Waals surface area contributed by atoms with Gasteiger partial charge in [0.1, 0.15) is 6.04 Å². The molecule has 2 aromatic carbocycles. The van der Waals surface area contributed by atoms with Crippen molar-refractivity contribution in [3.8, 4) is 0 Å². The van der Waals surface area contributed by atoms with Gasteiger partial charge in [0.15, 0.2) is 0 Å². The van der Waals surface area contributed by atoms with Crippen LogP contribution in [0.4, 0.5) is 0 Å². The molecule has 0 saturated carbocycles. The Morgan fingerprint density at radius 3 is 2.18 bits per heavy atom. The van der Waals surface area contributed by atoms with Crippen molar-refractivity contribution in [2.45, 2.75) is 65.6 Å². The van der Waals surface area contributed by atoms with E-state index in [1.54, 1.807) is 4.90 Å². The van der Waals surface area contributed by atoms with Gasteiger partial charge < -0.3 is 10.2 Å². The first-order valence-corrected chi connectivity index (χ1v) is 10.1. The van der Waals surface area contributed by atoms with Crippen molar-refractivity contribution in [2.24, 2.45) is 0 Å². The van der Waals surface area contributed by atoms with Crippen molar-refractivity contribution in [1.29, 1.82) is 0 Å². The molecule has 0 bridgehead atoms. The third-order valence-electron chi connectivity index (χ3n) is 5.05. The van der Waals surface area contributed by atoms with Gasteiger partial charge in [-0.15, -0.1) is 0 Å². The minimum Gasteiger partial charge on any atom is -0.352 e. The zero-order valence-corrected chi connectivity index (χ0v) is 17.4. The van der Waals surface area contributed by atoms with Crippen LogP contribution in [0.25, 0.3) is 0 Å². The molecule has 2 atom stereocenters. The molecule has 0 aliphatic rings. The molecule has 0 saturated heterocycles. The number of hydrogen-bond donors (Lipinski definition) is 1. The number of rotatable bonds is 9. The summed E-state index contributed by atoms with van der Waals surface area (Å²) < 4.78 is 0. The highest BCUT2D eigenvalue weighted by Gasteiger charge is 2.30. The predicted octanol–water partition coefficient (Wildman–Crippen LogP) is 4.26. The lowest BCUT2D eigenvalue weighted by Gasteiger charge is -2.32. The highest BCUT2D eigenvalue weighted by Crippen LogP contribution is 2.16. The van der Waals surface area contributed by atoms with Gasteiger partial charge in [-0.1, -0.05) is 74.0 Å². The summed E-state index contributed by atoms with van der Waals surface area (Å²) in [6, 6.07) is 17.6. The fourth-order valence-corrected chi connectivity index (χ4v) is 3.09. The first-order chi connectivity index (χ1) is 13.4. The number of nitrogens with one attached hydrogen (secondary N) is 1. The highest BCUT2D eigenvalue weighted by molar-refractivity contribution is 5.88. The number of aryl methyl sites for hydroxylation is 1. The molecule has 150 valence electrons. The zero-order valence-electron chi connectivity index (χ0n) is 17.4. The second-order valence-electron chi connectivity index (χ2n) is 7.38. The van der Waals surface area contributed by atoms with Gasteiger partial charge in [-0.25, -0.2) is 0 Å². The van der Waals surface area contributed by atoms with Gasteiger partial charge >= 0.3 is 0 Å². The van der Waals surface area contributed by atoms with E-state index in [2.05, 4.69) is 5.32 Å². The summed E-state index contributed by atoms with van der Waals surface area (Å²) in [5.41, 5.74) is 3.25. The summed E-state index contributed by atoms with van der Waals surface area (Å²) >= 11 is 0. The van der Waals surface area contributed by atoms with E-state index >= 15 is 0 Å². The van der Waals surface area contributed by atoms with E-state index in [0.717, 1.165) is 17.5 Å². The van der Waals surface area contributed by atoms with E-state index in [1.807, 2.05) is 82.3 Å². The van der Waals surface area contributed by atoms with Crippen LogP contribution in [0, 0.1) is 6.92 Å². The number of hydrogen-bond acceptors (Lipinski definition) is 2. The normalized spacial score (nSPS) is 12.9. The van der Waals surface area contributed by atoms with E-state index in [4.69, 9.17) is 0 Å². The lowest BCUT2D eigenvalue weighted by molar-refractivity contribution is -0.141. The second-order valence-corrected chi connectivity index (χ2v) is 7.38. The largest absolute Gasteiger partial charge is 0.352 e. The van der Waals surface area contributed by atoms with E-state index < -0.39 is 6.04 Å². The summed E-state index contributed by atoms with van der Waals surface area (Å²) in [6.07, 6.45) is 1.72. The van der Waals surface area contributed by atoms with E-state index in [-0.39, 0.29) is 17.9 Å². The Balaban J connectivity index is 2.33. The average Bonchev–Trinajstić information content (AvgIpc) is 2.71. The summed E-state index contributed by atoms with van der Waals surface area (Å²) in [4.78, 5) is 27.7. The molecule has 0 heterocycles. The Hall–Kier alpha value is -2.62. The summed E-state index contributed by atoms with van der Waals surface area (Å²) in [5, 5.41) is 3.07. The number of carbonyl (C=O) groups excluding carboxylic acids is 2. The SMILES string of the molecule is CCC(=O)N(Cc1ccc(C)cc1)[C@@H](Cc1ccccc1)C(=O)N[C@H](C)CC. The molecule has 2 rings (SSSR count). The van der Waals surface area contributed by atoms with E-state index in [9.17, 15) is 9.59 Å². The molecular formula is C24H32N2O2. The summed E-state index contributed by atoms with van der Waals surface area (Å²) in [6.45, 7) is 8.34. The number of nitrogens with zero attached hydrogens (tertiary/aromatic N) is 1. The van der Waals surface area contributed by atoms with Crippen LogP contribution in [0.5, 0.6) is 0 Å². The maximum atomic E-state index is 13.1. The van der Waals surface area contributed by atoms with Crippen molar-refractivity contribution >= 4 is 11.8 Å². The monoisotopic (exact) mass is 380 g/mol. The maximum absolute atomic E-state index is 13.1. The minimum absolute atomic E-state index is 0.0131. The Morgan fingerprint density at radius 1 is 0.964 bits per heavy atom. The molecule has 28 heavy (non-hydrogen) atoms. The van der Waals surface area contributed by atoms with E-state index in [0.29, 0.717) is 19.4 Å². The Labute approximate surface area is 169 Å². The molecule has 0 spiro atoms. The van der Waals surface area contributed by atoms with Gasteiger partial charge in [-0.3, -0.25) is 9.59 Å². The lowest BCUT2D eigenvalue weighted by Crippen LogP contribution is -2.52. The second kappa shape index (κ2) is 10.6. The Bertz CT molecular complexity index is 756. The van der Waals surface area contributed by atoms with Crippen LogP contribution in [-0.4, -0.2) is 28.8 Å². The van der Waals surface area contributed by atoms with Crippen LogP contribution in [0.2, 0.25) is 0 Å². The van der Waals surface area contributed by atoms with E-state index in [1.165, 1.54) is 5.56 Å². The first-order valence-electron chi connectivity index (χ1n) is 10.1. The van der Waals surface area contributed by atoms with Crippen molar-refractivity contribution in [1.82, 2.24) is 10.2 Å². The smallest absolute Gasteiger partial charge is 0.243 e. The van der Waals surface area contributed by atoms with Crippen LogP contribution < -0.4 is 5.32 Å². The van der Waals surface area contributed by atoms with Gasteiger partial charge in [-0.05, 0) is 31.4 Å². The summed E-state index contributed by atoms with van der Waals surface area (Å²) in [5.74, 6) is -0.104. The van der Waals surface area contributed by atoms with Crippen LogP contribution >= 0.6 is 0 Å². The molecule has 4 heteroatoms. The summed E-state index contributed by atoms with van der Waals surface area (Å²) in [7, 11) is 0. The van der Waals surface area contributed by atoms with Gasteiger partial charge in [0.05, 0.1) is 0 Å². The molecule has 0 aliphatic carbocycles. The van der Waals surface area contributed by atoms with Crippen LogP contribution in [-0.2, 0) is 22.6 Å². The average molecular weight is 381 g/mol.